The van der Waals surface area contributed by atoms with Gasteiger partial charge in [-0.2, -0.15) is 13.2 Å². The van der Waals surface area contributed by atoms with Crippen LogP contribution in [0.3, 0.4) is 0 Å². The Kier molecular flexibility index (Phi) is 5.82. The van der Waals surface area contributed by atoms with Gasteiger partial charge in [0.15, 0.2) is 17.4 Å². The van der Waals surface area contributed by atoms with E-state index in [1.54, 1.807) is 10.2 Å². The number of carbonyl (C=O) groups excluding carboxylic acids is 1. The molecule has 1 aromatic carbocycles. The number of benzene rings is 1. The van der Waals surface area contributed by atoms with E-state index in [0.717, 1.165) is 6.07 Å². The molecule has 0 radical (unpaired) electrons. The third-order valence-corrected chi connectivity index (χ3v) is 5.20. The van der Waals surface area contributed by atoms with E-state index in [4.69, 9.17) is 4.42 Å². The zero-order valence-corrected chi connectivity index (χ0v) is 17.1. The molecule has 0 bridgehead atoms. The fraction of sp³-hybridized carbons (Fsp3) is 0.350. The number of rotatable bonds is 4. The number of anilines is 2. The van der Waals surface area contributed by atoms with Gasteiger partial charge in [0.25, 0.3) is 0 Å². The largest absolute Gasteiger partial charge is 0.455 e. The second kappa shape index (κ2) is 8.46. The summed E-state index contributed by atoms with van der Waals surface area (Å²) in [5.41, 5.74) is -0.686. The number of amides is 2. The number of β-amino-alcohol motifs (C(OH)–C–C–N with tert-alkyl or cyclic N) is 1. The molecule has 8 nitrogen and oxygen atoms in total. The quantitative estimate of drug-likeness (QED) is 0.500. The Bertz CT molecular complexity index is 1180. The summed E-state index contributed by atoms with van der Waals surface area (Å²) in [5.74, 6) is -2.60. The van der Waals surface area contributed by atoms with Crippen molar-refractivity contribution in [2.75, 3.05) is 23.3 Å². The average Bonchev–Trinajstić information content (AvgIpc) is 3.30. The van der Waals surface area contributed by atoms with E-state index >= 15 is 0 Å². The molecule has 1 saturated heterocycles. The highest BCUT2D eigenvalue weighted by Crippen LogP contribution is 2.39. The van der Waals surface area contributed by atoms with Crippen LogP contribution in [-0.4, -0.2) is 46.5 Å². The lowest BCUT2D eigenvalue weighted by molar-refractivity contribution is -0.158. The summed E-state index contributed by atoms with van der Waals surface area (Å²) in [7, 11) is 0. The maximum atomic E-state index is 14.0. The van der Waals surface area contributed by atoms with Crippen LogP contribution in [0.2, 0.25) is 0 Å². The Morgan fingerprint density at radius 1 is 1.27 bits per heavy atom. The standard InChI is InChI=1S/C20H18F5N5O3/c1-9-13-4-10(21)5-14(22)16(13)33-15(9)17(20(23,24)25)29-19(32)28-11-6-26-18(27-7-11)30-3-2-12(31)8-30/h4-7,12,17,31H,2-3,8H2,1H3,(H2,28,29,32)/t12-,17+/m1/s1. The van der Waals surface area contributed by atoms with Crippen LogP contribution in [0.15, 0.2) is 28.9 Å². The van der Waals surface area contributed by atoms with Gasteiger partial charge < -0.3 is 25.1 Å². The number of nitrogens with zero attached hydrogens (tertiary/aromatic N) is 3. The third kappa shape index (κ3) is 4.67. The zero-order chi connectivity index (χ0) is 23.9. The van der Waals surface area contributed by atoms with E-state index in [1.807, 2.05) is 0 Å². The molecular weight excluding hydrogens is 453 g/mol. The SMILES string of the molecule is Cc1c([C@H](NC(=O)Nc2cnc(N3CC[C@@H](O)C3)nc2)C(F)(F)F)oc2c(F)cc(F)cc12. The molecule has 0 saturated carbocycles. The number of urea groups is 1. The second-order valence-corrected chi connectivity index (χ2v) is 7.59. The maximum absolute atomic E-state index is 14.0. The molecule has 2 amide bonds. The van der Waals surface area contributed by atoms with Gasteiger partial charge in [0.05, 0.1) is 24.2 Å². The number of aliphatic hydroxyl groups is 1. The molecule has 0 aliphatic carbocycles. The number of nitrogens with one attached hydrogen (secondary N) is 2. The van der Waals surface area contributed by atoms with Gasteiger partial charge in [0, 0.05) is 30.1 Å². The van der Waals surface area contributed by atoms with Gasteiger partial charge in [-0.05, 0) is 19.4 Å². The lowest BCUT2D eigenvalue weighted by Gasteiger charge is -2.21. The molecule has 3 heterocycles. The fourth-order valence-corrected chi connectivity index (χ4v) is 3.60. The monoisotopic (exact) mass is 471 g/mol. The normalized spacial score (nSPS) is 17.4. The summed E-state index contributed by atoms with van der Waals surface area (Å²) in [4.78, 5) is 22.1. The van der Waals surface area contributed by atoms with E-state index in [1.165, 1.54) is 19.3 Å². The second-order valence-electron chi connectivity index (χ2n) is 7.59. The van der Waals surface area contributed by atoms with Crippen LogP contribution < -0.4 is 15.5 Å². The van der Waals surface area contributed by atoms with E-state index in [9.17, 15) is 31.9 Å². The summed E-state index contributed by atoms with van der Waals surface area (Å²) in [6.07, 6.45) is -2.52. The average molecular weight is 471 g/mol. The van der Waals surface area contributed by atoms with Crippen molar-refractivity contribution in [2.24, 2.45) is 0 Å². The van der Waals surface area contributed by atoms with Gasteiger partial charge in [0.1, 0.15) is 11.6 Å². The van der Waals surface area contributed by atoms with Crippen molar-refractivity contribution in [2.45, 2.75) is 31.7 Å². The molecule has 176 valence electrons. The third-order valence-electron chi connectivity index (χ3n) is 5.20. The molecular formula is C20H18F5N5O3. The number of aliphatic hydroxyl groups excluding tert-OH is 1. The molecule has 0 spiro atoms. The minimum atomic E-state index is -5.00. The summed E-state index contributed by atoms with van der Waals surface area (Å²) in [5, 5.41) is 13.3. The number of aryl methyl sites for hydroxylation is 1. The molecule has 3 aromatic rings. The Hall–Kier alpha value is -3.48. The molecule has 1 aliphatic heterocycles. The number of alkyl halides is 3. The van der Waals surface area contributed by atoms with Crippen molar-refractivity contribution in [3.63, 3.8) is 0 Å². The predicted molar refractivity (Wildman–Crippen MR) is 107 cm³/mol. The zero-order valence-electron chi connectivity index (χ0n) is 17.1. The smallest absolute Gasteiger partial charge is 0.416 e. The topological polar surface area (TPSA) is 104 Å². The van der Waals surface area contributed by atoms with Crippen LogP contribution in [0.1, 0.15) is 23.8 Å². The van der Waals surface area contributed by atoms with Crippen molar-refractivity contribution in [3.05, 3.63) is 47.5 Å². The molecule has 13 heteroatoms. The van der Waals surface area contributed by atoms with E-state index in [0.29, 0.717) is 31.5 Å². The minimum Gasteiger partial charge on any atom is -0.455 e. The number of fused-ring (bicyclic) bond motifs is 1. The van der Waals surface area contributed by atoms with Crippen LogP contribution in [0, 0.1) is 18.6 Å². The Morgan fingerprint density at radius 3 is 2.58 bits per heavy atom. The van der Waals surface area contributed by atoms with Crippen LogP contribution in [0.4, 0.5) is 38.4 Å². The molecule has 0 unspecified atom stereocenters. The maximum Gasteiger partial charge on any atom is 0.416 e. The van der Waals surface area contributed by atoms with Gasteiger partial charge in [-0.25, -0.2) is 23.5 Å². The first-order valence-corrected chi connectivity index (χ1v) is 9.80. The molecule has 33 heavy (non-hydrogen) atoms. The highest BCUT2D eigenvalue weighted by Gasteiger charge is 2.45. The number of hydrogen-bond acceptors (Lipinski definition) is 6. The Balaban J connectivity index is 1.53. The summed E-state index contributed by atoms with van der Waals surface area (Å²) in [6.45, 7) is 2.10. The van der Waals surface area contributed by atoms with Crippen molar-refractivity contribution < 1.29 is 36.3 Å². The fourth-order valence-electron chi connectivity index (χ4n) is 3.60. The van der Waals surface area contributed by atoms with Crippen LogP contribution in [0.25, 0.3) is 11.0 Å². The Labute approximate surface area is 183 Å². The van der Waals surface area contributed by atoms with Crippen LogP contribution in [-0.2, 0) is 0 Å². The number of aromatic nitrogens is 2. The number of carbonyl (C=O) groups is 1. The van der Waals surface area contributed by atoms with Crippen LogP contribution in [0.5, 0.6) is 0 Å². The van der Waals surface area contributed by atoms with Crippen LogP contribution >= 0.6 is 0 Å². The van der Waals surface area contributed by atoms with Gasteiger partial charge in [-0.15, -0.1) is 0 Å². The summed E-state index contributed by atoms with van der Waals surface area (Å²) in [6, 6.07) is -2.52. The molecule has 2 atom stereocenters. The number of halogens is 5. The first-order valence-electron chi connectivity index (χ1n) is 9.80. The van der Waals surface area contributed by atoms with E-state index in [-0.39, 0.29) is 16.6 Å². The molecule has 4 rings (SSSR count). The van der Waals surface area contributed by atoms with Crippen molar-refractivity contribution in [1.29, 1.82) is 0 Å². The Morgan fingerprint density at radius 2 is 1.97 bits per heavy atom. The lowest BCUT2D eigenvalue weighted by Crippen LogP contribution is -2.40. The number of hydrogen-bond donors (Lipinski definition) is 3. The molecule has 1 fully saturated rings. The molecule has 2 aromatic heterocycles. The van der Waals surface area contributed by atoms with Gasteiger partial charge in [-0.1, -0.05) is 0 Å². The van der Waals surface area contributed by atoms with Crippen molar-refractivity contribution >= 4 is 28.6 Å². The van der Waals surface area contributed by atoms with E-state index in [2.05, 4.69) is 15.3 Å². The highest BCUT2D eigenvalue weighted by molar-refractivity contribution is 5.89. The van der Waals surface area contributed by atoms with Crippen molar-refractivity contribution in [3.8, 4) is 0 Å². The predicted octanol–water partition coefficient (Wildman–Crippen LogP) is 3.81. The number of furan rings is 1. The first-order chi connectivity index (χ1) is 15.5. The highest BCUT2D eigenvalue weighted by atomic mass is 19.4. The lowest BCUT2D eigenvalue weighted by atomic mass is 10.1. The van der Waals surface area contributed by atoms with E-state index < -0.39 is 47.3 Å². The molecule has 3 N–H and O–H groups in total. The van der Waals surface area contributed by atoms with Gasteiger partial charge in [0.2, 0.25) is 5.95 Å². The van der Waals surface area contributed by atoms with Gasteiger partial charge in [-0.3, -0.25) is 0 Å². The molecule has 1 aliphatic rings. The summed E-state index contributed by atoms with van der Waals surface area (Å²) >= 11 is 0. The van der Waals surface area contributed by atoms with Crippen molar-refractivity contribution in [1.82, 2.24) is 15.3 Å². The minimum absolute atomic E-state index is 0.0198. The first kappa shape index (κ1) is 22.7. The summed E-state index contributed by atoms with van der Waals surface area (Å²) < 4.78 is 73.7. The van der Waals surface area contributed by atoms with Gasteiger partial charge >= 0.3 is 12.2 Å².